The number of Topliss-reactive ketones (excluding diaryl/α,β-unsaturated/α-hetero) is 1. The predicted molar refractivity (Wildman–Crippen MR) is 112 cm³/mol. The number of ether oxygens (including phenoxy) is 1. The van der Waals surface area contributed by atoms with E-state index < -0.39 is 17.7 Å². The molecule has 1 aliphatic heterocycles. The van der Waals surface area contributed by atoms with E-state index in [0.29, 0.717) is 24.4 Å². The highest BCUT2D eigenvalue weighted by atomic mass is 16.5. The van der Waals surface area contributed by atoms with E-state index in [9.17, 15) is 14.7 Å². The zero-order valence-electron chi connectivity index (χ0n) is 17.2. The van der Waals surface area contributed by atoms with Crippen molar-refractivity contribution >= 4 is 17.4 Å². The normalized spacial score (nSPS) is 18.5. The van der Waals surface area contributed by atoms with Gasteiger partial charge in [0.15, 0.2) is 0 Å². The standard InChI is InChI=1S/C23H26N2O4/c1-15-8-10-16(11-9-15)20-19(21(26)17-6-5-7-18(14-17)29-4)22(27)23(28)25(20)13-12-24(2)3/h5-11,14,20,26H,12-13H2,1-4H3/b21-19+/t20-/m1/s1. The Morgan fingerprint density at radius 2 is 1.83 bits per heavy atom. The summed E-state index contributed by atoms with van der Waals surface area (Å²) in [5, 5.41) is 11.0. The van der Waals surface area contributed by atoms with Gasteiger partial charge in [0.05, 0.1) is 18.7 Å². The first-order valence-corrected chi connectivity index (χ1v) is 9.47. The number of aliphatic hydroxyl groups is 1. The molecule has 1 fully saturated rings. The molecule has 3 rings (SSSR count). The number of hydrogen-bond acceptors (Lipinski definition) is 5. The number of hydrogen-bond donors (Lipinski definition) is 1. The first-order valence-electron chi connectivity index (χ1n) is 9.47. The smallest absolute Gasteiger partial charge is 0.295 e. The van der Waals surface area contributed by atoms with Crippen LogP contribution < -0.4 is 4.74 Å². The molecule has 1 atom stereocenters. The summed E-state index contributed by atoms with van der Waals surface area (Å²) in [4.78, 5) is 29.2. The third-order valence-electron chi connectivity index (χ3n) is 5.06. The van der Waals surface area contributed by atoms with Crippen LogP contribution in [0, 0.1) is 6.92 Å². The summed E-state index contributed by atoms with van der Waals surface area (Å²) in [6.45, 7) is 2.96. The fourth-order valence-corrected chi connectivity index (χ4v) is 3.44. The van der Waals surface area contributed by atoms with Crippen LogP contribution >= 0.6 is 0 Å². The van der Waals surface area contributed by atoms with Crippen molar-refractivity contribution in [3.8, 4) is 5.75 Å². The number of likely N-dealkylation sites (N-methyl/N-ethyl adjacent to an activating group) is 1. The molecule has 0 spiro atoms. The lowest BCUT2D eigenvalue weighted by atomic mass is 9.94. The van der Waals surface area contributed by atoms with Gasteiger partial charge in [0.2, 0.25) is 0 Å². The maximum atomic E-state index is 12.9. The number of nitrogens with zero attached hydrogens (tertiary/aromatic N) is 2. The van der Waals surface area contributed by atoms with Gasteiger partial charge in [-0.2, -0.15) is 0 Å². The van der Waals surface area contributed by atoms with Gasteiger partial charge in [0.1, 0.15) is 11.5 Å². The third-order valence-corrected chi connectivity index (χ3v) is 5.06. The van der Waals surface area contributed by atoms with Gasteiger partial charge in [0, 0.05) is 18.7 Å². The second-order valence-electron chi connectivity index (χ2n) is 7.44. The molecule has 1 N–H and O–H groups in total. The molecular formula is C23H26N2O4. The molecular weight excluding hydrogens is 368 g/mol. The van der Waals surface area contributed by atoms with E-state index in [1.54, 1.807) is 29.2 Å². The minimum atomic E-state index is -0.672. The van der Waals surface area contributed by atoms with E-state index in [0.717, 1.165) is 11.1 Å². The van der Waals surface area contributed by atoms with Crippen LogP contribution in [0.5, 0.6) is 5.75 Å². The monoisotopic (exact) mass is 394 g/mol. The molecule has 152 valence electrons. The molecule has 29 heavy (non-hydrogen) atoms. The molecule has 1 aliphatic rings. The van der Waals surface area contributed by atoms with Crippen molar-refractivity contribution in [3.05, 3.63) is 70.8 Å². The molecule has 0 saturated carbocycles. The molecule has 2 aromatic rings. The largest absolute Gasteiger partial charge is 0.507 e. The number of carbonyl (C=O) groups excluding carboxylic acids is 2. The van der Waals surface area contributed by atoms with E-state index in [1.165, 1.54) is 7.11 Å². The SMILES string of the molecule is COc1cccc(/C(O)=C2\C(=O)C(=O)N(CCN(C)C)[C@@H]2c2ccc(C)cc2)c1. The Labute approximate surface area is 171 Å². The Kier molecular flexibility index (Phi) is 6.03. The fourth-order valence-electron chi connectivity index (χ4n) is 3.44. The fraction of sp³-hybridized carbons (Fsp3) is 0.304. The molecule has 0 unspecified atom stereocenters. The first kappa shape index (κ1) is 20.6. The summed E-state index contributed by atoms with van der Waals surface area (Å²) in [5.41, 5.74) is 2.41. The molecule has 1 amide bonds. The average Bonchev–Trinajstić information content (AvgIpc) is 2.97. The summed E-state index contributed by atoms with van der Waals surface area (Å²) >= 11 is 0. The Balaban J connectivity index is 2.14. The van der Waals surface area contributed by atoms with Crippen LogP contribution in [0.2, 0.25) is 0 Å². The van der Waals surface area contributed by atoms with Gasteiger partial charge in [-0.05, 0) is 38.7 Å². The number of ketones is 1. The number of aliphatic hydroxyl groups excluding tert-OH is 1. The highest BCUT2D eigenvalue weighted by molar-refractivity contribution is 6.46. The number of aryl methyl sites for hydroxylation is 1. The molecule has 0 radical (unpaired) electrons. The molecule has 1 heterocycles. The highest BCUT2D eigenvalue weighted by Crippen LogP contribution is 2.39. The number of amides is 1. The molecule has 2 aromatic carbocycles. The zero-order valence-corrected chi connectivity index (χ0v) is 17.2. The Morgan fingerprint density at radius 1 is 1.14 bits per heavy atom. The molecule has 0 aromatic heterocycles. The van der Waals surface area contributed by atoms with Gasteiger partial charge in [-0.3, -0.25) is 9.59 Å². The van der Waals surface area contributed by atoms with Crippen LogP contribution in [0.1, 0.15) is 22.7 Å². The number of benzene rings is 2. The number of likely N-dealkylation sites (tertiary alicyclic amines) is 1. The van der Waals surface area contributed by atoms with Crippen LogP contribution in [0.4, 0.5) is 0 Å². The minimum Gasteiger partial charge on any atom is -0.507 e. The van der Waals surface area contributed by atoms with Crippen LogP contribution in [0.15, 0.2) is 54.1 Å². The van der Waals surface area contributed by atoms with E-state index >= 15 is 0 Å². The van der Waals surface area contributed by atoms with Crippen molar-refractivity contribution in [1.29, 1.82) is 0 Å². The van der Waals surface area contributed by atoms with Crippen LogP contribution in [-0.4, -0.2) is 60.9 Å². The molecule has 6 nitrogen and oxygen atoms in total. The second-order valence-corrected chi connectivity index (χ2v) is 7.44. The maximum absolute atomic E-state index is 12.9. The van der Waals surface area contributed by atoms with Crippen molar-refractivity contribution in [2.75, 3.05) is 34.3 Å². The van der Waals surface area contributed by atoms with E-state index in [-0.39, 0.29) is 11.3 Å². The predicted octanol–water partition coefficient (Wildman–Crippen LogP) is 2.99. The van der Waals surface area contributed by atoms with Gasteiger partial charge in [-0.25, -0.2) is 0 Å². The van der Waals surface area contributed by atoms with Crippen molar-refractivity contribution in [1.82, 2.24) is 9.80 Å². The summed E-state index contributed by atoms with van der Waals surface area (Å²) in [5.74, 6) is -0.903. The lowest BCUT2D eigenvalue weighted by Gasteiger charge is -2.26. The zero-order chi connectivity index (χ0) is 21.1. The van der Waals surface area contributed by atoms with Gasteiger partial charge >= 0.3 is 0 Å². The average molecular weight is 394 g/mol. The number of methoxy groups -OCH3 is 1. The van der Waals surface area contributed by atoms with Gasteiger partial charge in [-0.15, -0.1) is 0 Å². The van der Waals surface area contributed by atoms with E-state index in [2.05, 4.69) is 0 Å². The summed E-state index contributed by atoms with van der Waals surface area (Å²) in [6.07, 6.45) is 0. The summed E-state index contributed by atoms with van der Waals surface area (Å²) < 4.78 is 5.22. The van der Waals surface area contributed by atoms with Gasteiger partial charge in [-0.1, -0.05) is 42.0 Å². The Morgan fingerprint density at radius 3 is 2.45 bits per heavy atom. The topological polar surface area (TPSA) is 70.1 Å². The molecule has 6 heteroatoms. The Hall–Kier alpha value is -3.12. The minimum absolute atomic E-state index is 0.103. The third kappa shape index (κ3) is 4.17. The lowest BCUT2D eigenvalue weighted by Crippen LogP contribution is -2.35. The second kappa shape index (κ2) is 8.49. The molecule has 0 bridgehead atoms. The van der Waals surface area contributed by atoms with Gasteiger partial charge in [0.25, 0.3) is 11.7 Å². The quantitative estimate of drug-likeness (QED) is 0.463. The Bertz CT molecular complexity index is 948. The highest BCUT2D eigenvalue weighted by Gasteiger charge is 2.45. The van der Waals surface area contributed by atoms with Crippen LogP contribution in [-0.2, 0) is 9.59 Å². The molecule has 1 saturated heterocycles. The van der Waals surface area contributed by atoms with Gasteiger partial charge < -0.3 is 19.6 Å². The lowest BCUT2D eigenvalue weighted by molar-refractivity contribution is -0.140. The van der Waals surface area contributed by atoms with Crippen LogP contribution in [0.25, 0.3) is 5.76 Å². The number of rotatable bonds is 6. The number of carbonyl (C=O) groups is 2. The van der Waals surface area contributed by atoms with Crippen molar-refractivity contribution < 1.29 is 19.4 Å². The van der Waals surface area contributed by atoms with Crippen molar-refractivity contribution in [2.45, 2.75) is 13.0 Å². The summed E-state index contributed by atoms with van der Waals surface area (Å²) in [7, 11) is 5.35. The van der Waals surface area contributed by atoms with E-state index in [1.807, 2.05) is 50.2 Å². The summed E-state index contributed by atoms with van der Waals surface area (Å²) in [6, 6.07) is 13.9. The van der Waals surface area contributed by atoms with Crippen LogP contribution in [0.3, 0.4) is 0 Å². The first-order chi connectivity index (χ1) is 13.8. The maximum Gasteiger partial charge on any atom is 0.295 e. The van der Waals surface area contributed by atoms with Crippen molar-refractivity contribution in [2.24, 2.45) is 0 Å². The van der Waals surface area contributed by atoms with E-state index in [4.69, 9.17) is 4.74 Å². The molecule has 0 aliphatic carbocycles. The van der Waals surface area contributed by atoms with Crippen molar-refractivity contribution in [3.63, 3.8) is 0 Å².